The average Bonchev–Trinajstić information content (AvgIpc) is 2.70. The maximum absolute atomic E-state index is 12.0. The van der Waals surface area contributed by atoms with Gasteiger partial charge >= 0.3 is 0 Å². The van der Waals surface area contributed by atoms with Gasteiger partial charge in [0.2, 0.25) is 11.8 Å². The molecule has 0 radical (unpaired) electrons. The predicted molar refractivity (Wildman–Crippen MR) is 79.1 cm³/mol. The number of aryl methyl sites for hydroxylation is 2. The largest absolute Gasteiger partial charge is 0.361 e. The molecule has 0 aliphatic rings. The molecule has 1 heterocycles. The zero-order chi connectivity index (χ0) is 15.4. The number of rotatable bonds is 4. The van der Waals surface area contributed by atoms with Gasteiger partial charge < -0.3 is 15.2 Å². The van der Waals surface area contributed by atoms with Gasteiger partial charge in [0, 0.05) is 23.9 Å². The number of carbonyl (C=O) groups excluding carboxylic acids is 2. The number of hydrogen-bond acceptors (Lipinski definition) is 4. The summed E-state index contributed by atoms with van der Waals surface area (Å²) >= 11 is 0. The third-order valence-electron chi connectivity index (χ3n) is 2.99. The highest BCUT2D eigenvalue weighted by atomic mass is 16.5. The molecule has 6 nitrogen and oxygen atoms in total. The zero-order valence-electron chi connectivity index (χ0n) is 12.2. The molecular weight excluding hydrogens is 270 g/mol. The van der Waals surface area contributed by atoms with Crippen LogP contribution in [0.25, 0.3) is 0 Å². The monoisotopic (exact) mass is 287 g/mol. The number of hydrogen-bond donors (Lipinski definition) is 2. The first-order valence-electron chi connectivity index (χ1n) is 6.55. The lowest BCUT2D eigenvalue weighted by molar-refractivity contribution is -0.116. The Morgan fingerprint density at radius 1 is 1.19 bits per heavy atom. The highest BCUT2D eigenvalue weighted by Crippen LogP contribution is 2.17. The van der Waals surface area contributed by atoms with Crippen LogP contribution in [0.5, 0.6) is 0 Å². The predicted octanol–water partition coefficient (Wildman–Crippen LogP) is 2.43. The van der Waals surface area contributed by atoms with E-state index in [-0.39, 0.29) is 18.2 Å². The van der Waals surface area contributed by atoms with Crippen LogP contribution in [0.15, 0.2) is 28.8 Å². The standard InChI is InChI=1S/C15H17N3O3/c1-9-14(10(2)21-18-9)8-15(20)17-13-6-4-5-12(7-13)16-11(3)19/h4-7H,8H2,1-3H3,(H,16,19)(H,17,20). The van der Waals surface area contributed by atoms with Crippen LogP contribution in [0.4, 0.5) is 11.4 Å². The molecule has 1 aromatic carbocycles. The van der Waals surface area contributed by atoms with Crippen molar-refractivity contribution >= 4 is 23.2 Å². The quantitative estimate of drug-likeness (QED) is 0.904. The van der Waals surface area contributed by atoms with Gasteiger partial charge in [-0.3, -0.25) is 9.59 Å². The second-order valence-electron chi connectivity index (χ2n) is 4.79. The van der Waals surface area contributed by atoms with Crippen molar-refractivity contribution in [3.05, 3.63) is 41.3 Å². The van der Waals surface area contributed by atoms with Crippen LogP contribution >= 0.6 is 0 Å². The Morgan fingerprint density at radius 3 is 2.43 bits per heavy atom. The molecule has 0 unspecified atom stereocenters. The Hall–Kier alpha value is -2.63. The highest BCUT2D eigenvalue weighted by molar-refractivity contribution is 5.94. The number of anilines is 2. The van der Waals surface area contributed by atoms with Crippen molar-refractivity contribution in [2.24, 2.45) is 0 Å². The molecule has 21 heavy (non-hydrogen) atoms. The lowest BCUT2D eigenvalue weighted by atomic mass is 10.1. The van der Waals surface area contributed by atoms with E-state index in [1.807, 2.05) is 0 Å². The molecule has 0 aliphatic heterocycles. The van der Waals surface area contributed by atoms with Gasteiger partial charge in [-0.2, -0.15) is 0 Å². The van der Waals surface area contributed by atoms with Gasteiger partial charge in [0.05, 0.1) is 12.1 Å². The third kappa shape index (κ3) is 3.92. The summed E-state index contributed by atoms with van der Waals surface area (Å²) < 4.78 is 5.03. The summed E-state index contributed by atoms with van der Waals surface area (Å²) in [6, 6.07) is 6.98. The Labute approximate surface area is 122 Å². The lowest BCUT2D eigenvalue weighted by Crippen LogP contribution is -2.15. The van der Waals surface area contributed by atoms with Crippen molar-refractivity contribution in [2.75, 3.05) is 10.6 Å². The summed E-state index contributed by atoms with van der Waals surface area (Å²) in [5.41, 5.74) is 2.77. The van der Waals surface area contributed by atoms with E-state index < -0.39 is 0 Å². The second-order valence-corrected chi connectivity index (χ2v) is 4.79. The van der Waals surface area contributed by atoms with E-state index >= 15 is 0 Å². The molecule has 0 saturated heterocycles. The maximum atomic E-state index is 12.0. The molecular formula is C15H17N3O3. The van der Waals surface area contributed by atoms with Gasteiger partial charge in [0.1, 0.15) is 5.76 Å². The summed E-state index contributed by atoms with van der Waals surface area (Å²) in [5, 5.41) is 9.28. The van der Waals surface area contributed by atoms with Gasteiger partial charge in [0.15, 0.2) is 0 Å². The molecule has 0 fully saturated rings. The number of nitrogens with zero attached hydrogens (tertiary/aromatic N) is 1. The van der Waals surface area contributed by atoms with Crippen LogP contribution in [0.3, 0.4) is 0 Å². The van der Waals surface area contributed by atoms with Crippen molar-refractivity contribution in [3.8, 4) is 0 Å². The molecule has 2 N–H and O–H groups in total. The highest BCUT2D eigenvalue weighted by Gasteiger charge is 2.13. The van der Waals surface area contributed by atoms with Crippen LogP contribution in [0.2, 0.25) is 0 Å². The smallest absolute Gasteiger partial charge is 0.229 e. The van der Waals surface area contributed by atoms with Gasteiger partial charge in [-0.05, 0) is 32.0 Å². The summed E-state index contributed by atoms with van der Waals surface area (Å²) in [6.07, 6.45) is 0.200. The minimum Gasteiger partial charge on any atom is -0.361 e. The normalized spacial score (nSPS) is 10.2. The fourth-order valence-electron chi connectivity index (χ4n) is 2.00. The summed E-state index contributed by atoms with van der Waals surface area (Å²) in [7, 11) is 0. The Kier molecular flexibility index (Phi) is 4.37. The first-order chi connectivity index (χ1) is 9.95. The van der Waals surface area contributed by atoms with Crippen LogP contribution in [-0.4, -0.2) is 17.0 Å². The van der Waals surface area contributed by atoms with E-state index in [4.69, 9.17) is 4.52 Å². The van der Waals surface area contributed by atoms with Gasteiger partial charge in [-0.15, -0.1) is 0 Å². The average molecular weight is 287 g/mol. The molecule has 0 bridgehead atoms. The summed E-state index contributed by atoms with van der Waals surface area (Å²) in [6.45, 7) is 5.01. The molecule has 110 valence electrons. The first-order valence-corrected chi connectivity index (χ1v) is 6.55. The van der Waals surface area contributed by atoms with Crippen LogP contribution in [0, 0.1) is 13.8 Å². The van der Waals surface area contributed by atoms with Crippen molar-refractivity contribution in [1.82, 2.24) is 5.16 Å². The topological polar surface area (TPSA) is 84.2 Å². The maximum Gasteiger partial charge on any atom is 0.229 e. The molecule has 2 aromatic rings. The molecule has 0 saturated carbocycles. The number of carbonyl (C=O) groups is 2. The molecule has 1 aromatic heterocycles. The second kappa shape index (κ2) is 6.21. The zero-order valence-corrected chi connectivity index (χ0v) is 12.2. The first kappa shape index (κ1) is 14.8. The van der Waals surface area contributed by atoms with E-state index in [2.05, 4.69) is 15.8 Å². The van der Waals surface area contributed by atoms with E-state index in [9.17, 15) is 9.59 Å². The number of amides is 2. The lowest BCUT2D eigenvalue weighted by Gasteiger charge is -2.07. The minimum absolute atomic E-state index is 0.158. The fraction of sp³-hybridized carbons (Fsp3) is 0.267. The minimum atomic E-state index is -0.163. The molecule has 0 spiro atoms. The van der Waals surface area contributed by atoms with E-state index in [1.54, 1.807) is 38.1 Å². The fourth-order valence-corrected chi connectivity index (χ4v) is 2.00. The Balaban J connectivity index is 2.04. The van der Waals surface area contributed by atoms with E-state index in [0.29, 0.717) is 17.1 Å². The SMILES string of the molecule is CC(=O)Nc1cccc(NC(=O)Cc2c(C)noc2C)c1. The van der Waals surface area contributed by atoms with E-state index in [0.717, 1.165) is 11.3 Å². The summed E-state index contributed by atoms with van der Waals surface area (Å²) in [4.78, 5) is 23.1. The van der Waals surface area contributed by atoms with Crippen LogP contribution in [-0.2, 0) is 16.0 Å². The van der Waals surface area contributed by atoms with Crippen LogP contribution in [0.1, 0.15) is 23.9 Å². The number of aromatic nitrogens is 1. The summed E-state index contributed by atoms with van der Waals surface area (Å²) in [5.74, 6) is 0.327. The number of nitrogens with one attached hydrogen (secondary N) is 2. The molecule has 2 rings (SSSR count). The van der Waals surface area contributed by atoms with Crippen molar-refractivity contribution < 1.29 is 14.1 Å². The van der Waals surface area contributed by atoms with Gasteiger partial charge in [0.25, 0.3) is 0 Å². The Morgan fingerprint density at radius 2 is 1.86 bits per heavy atom. The van der Waals surface area contributed by atoms with Gasteiger partial charge in [-0.25, -0.2) is 0 Å². The van der Waals surface area contributed by atoms with Crippen molar-refractivity contribution in [3.63, 3.8) is 0 Å². The third-order valence-corrected chi connectivity index (χ3v) is 2.99. The molecule has 6 heteroatoms. The van der Waals surface area contributed by atoms with Crippen molar-refractivity contribution in [2.45, 2.75) is 27.2 Å². The van der Waals surface area contributed by atoms with Crippen LogP contribution < -0.4 is 10.6 Å². The molecule has 0 aliphatic carbocycles. The molecule has 2 amide bonds. The van der Waals surface area contributed by atoms with E-state index in [1.165, 1.54) is 6.92 Å². The van der Waals surface area contributed by atoms with Crippen molar-refractivity contribution in [1.29, 1.82) is 0 Å². The Bertz CT molecular complexity index is 657. The van der Waals surface area contributed by atoms with Gasteiger partial charge in [-0.1, -0.05) is 11.2 Å². The number of benzene rings is 1. The molecule has 0 atom stereocenters.